The Morgan fingerprint density at radius 3 is 2.62 bits per heavy atom. The van der Waals surface area contributed by atoms with Crippen LogP contribution in [0.4, 0.5) is 11.4 Å². The summed E-state index contributed by atoms with van der Waals surface area (Å²) in [6.45, 7) is 1.09. The number of aromatic nitrogens is 3. The minimum Gasteiger partial charge on any atom is -0.395 e. The average molecular weight is 450 g/mol. The van der Waals surface area contributed by atoms with Crippen LogP contribution in [0.1, 0.15) is 25.7 Å². The van der Waals surface area contributed by atoms with E-state index in [-0.39, 0.29) is 18.8 Å². The second kappa shape index (κ2) is 11.3. The number of β-amino-alcohol motifs (C(OH)–C–C–N with tert-alkyl or cyclic N) is 1. The quantitative estimate of drug-likeness (QED) is 0.177. The highest BCUT2D eigenvalue weighted by molar-refractivity contribution is 5.65. The highest BCUT2D eigenvalue weighted by Gasteiger charge is 2.40. The number of unbranched alkanes of at least 4 members (excludes halogenated alkanes) is 3. The summed E-state index contributed by atoms with van der Waals surface area (Å²) in [7, 11) is 0. The van der Waals surface area contributed by atoms with Crippen LogP contribution < -0.4 is 5.32 Å². The van der Waals surface area contributed by atoms with Gasteiger partial charge in [0.25, 0.3) is 5.69 Å². The van der Waals surface area contributed by atoms with Crippen LogP contribution in [0.15, 0.2) is 30.9 Å². The number of nitrogens with zero attached hydrogens (tertiary/aromatic N) is 5. The molecule has 1 aromatic heterocycles. The van der Waals surface area contributed by atoms with Gasteiger partial charge in [-0.3, -0.25) is 15.0 Å². The summed E-state index contributed by atoms with van der Waals surface area (Å²) in [5, 5.41) is 57.6. The molecule has 12 nitrogen and oxygen atoms in total. The summed E-state index contributed by atoms with van der Waals surface area (Å²) in [6.07, 6.45) is 2.77. The van der Waals surface area contributed by atoms with Crippen LogP contribution in [0.25, 0.3) is 5.69 Å². The molecular formula is C20H30N6O6. The molecule has 32 heavy (non-hydrogen) atoms. The standard InChI is InChI=1S/C20H30N6O6/c27-11-17-19(29)20(30)18(28)10-24(17)8-4-2-1-3-7-22-15-6-5-14(9-16(15)26(31)32)25-13-21-12-23-25/h5-6,9,12-13,17-20,22,27-30H,1-4,7-8,10-11H2/t17-,18+,19-,20-/m1/s1. The summed E-state index contributed by atoms with van der Waals surface area (Å²) in [5.74, 6) is 0. The lowest BCUT2D eigenvalue weighted by atomic mass is 9.94. The number of nitrogens with one attached hydrogen (secondary N) is 1. The van der Waals surface area contributed by atoms with Gasteiger partial charge >= 0.3 is 0 Å². The monoisotopic (exact) mass is 450 g/mol. The fourth-order valence-electron chi connectivity index (χ4n) is 3.96. The van der Waals surface area contributed by atoms with Crippen molar-refractivity contribution in [2.24, 2.45) is 0 Å². The van der Waals surface area contributed by atoms with Crippen LogP contribution in [0.3, 0.4) is 0 Å². The first-order valence-electron chi connectivity index (χ1n) is 10.7. The molecule has 0 spiro atoms. The number of nitro groups is 1. The molecule has 1 fully saturated rings. The van der Waals surface area contributed by atoms with E-state index in [1.807, 2.05) is 0 Å². The highest BCUT2D eigenvalue weighted by Crippen LogP contribution is 2.27. The van der Waals surface area contributed by atoms with Crippen molar-refractivity contribution >= 4 is 11.4 Å². The number of benzene rings is 1. The van der Waals surface area contributed by atoms with E-state index >= 15 is 0 Å². The maximum atomic E-state index is 11.4. The molecule has 5 N–H and O–H groups in total. The third kappa shape index (κ3) is 5.78. The minimum absolute atomic E-state index is 0.0301. The molecule has 1 aliphatic rings. The molecule has 0 radical (unpaired) electrons. The summed E-state index contributed by atoms with van der Waals surface area (Å²) in [4.78, 5) is 16.7. The number of piperidine rings is 1. The topological polar surface area (TPSA) is 170 Å². The molecule has 2 heterocycles. The van der Waals surface area contributed by atoms with Crippen molar-refractivity contribution in [1.29, 1.82) is 0 Å². The average Bonchev–Trinajstić information content (AvgIpc) is 3.32. The van der Waals surface area contributed by atoms with Crippen molar-refractivity contribution in [3.63, 3.8) is 0 Å². The van der Waals surface area contributed by atoms with Gasteiger partial charge in [-0.15, -0.1) is 0 Å². The van der Waals surface area contributed by atoms with Crippen LogP contribution >= 0.6 is 0 Å². The van der Waals surface area contributed by atoms with Gasteiger partial charge in [-0.1, -0.05) is 12.8 Å². The van der Waals surface area contributed by atoms with Crippen molar-refractivity contribution in [2.45, 2.75) is 50.0 Å². The van der Waals surface area contributed by atoms with E-state index in [2.05, 4.69) is 15.4 Å². The van der Waals surface area contributed by atoms with Gasteiger partial charge in [-0.25, -0.2) is 9.67 Å². The molecule has 1 aromatic carbocycles. The summed E-state index contributed by atoms with van der Waals surface area (Å²) < 4.78 is 1.46. The Labute approximate surface area is 185 Å². The third-order valence-corrected chi connectivity index (χ3v) is 5.76. The molecular weight excluding hydrogens is 420 g/mol. The Morgan fingerprint density at radius 1 is 1.16 bits per heavy atom. The smallest absolute Gasteiger partial charge is 0.294 e. The third-order valence-electron chi connectivity index (χ3n) is 5.76. The number of anilines is 1. The number of aliphatic hydroxyl groups is 4. The highest BCUT2D eigenvalue weighted by atomic mass is 16.6. The van der Waals surface area contributed by atoms with E-state index in [0.29, 0.717) is 24.5 Å². The Morgan fingerprint density at radius 2 is 1.94 bits per heavy atom. The largest absolute Gasteiger partial charge is 0.395 e. The van der Waals surface area contributed by atoms with Crippen molar-refractivity contribution in [1.82, 2.24) is 19.7 Å². The van der Waals surface area contributed by atoms with Crippen LogP contribution in [0.5, 0.6) is 0 Å². The van der Waals surface area contributed by atoms with Crippen molar-refractivity contribution in [2.75, 3.05) is 31.6 Å². The van der Waals surface area contributed by atoms with Gasteiger partial charge in [0.15, 0.2) is 0 Å². The molecule has 1 aliphatic heterocycles. The predicted molar refractivity (Wildman–Crippen MR) is 115 cm³/mol. The fourth-order valence-corrected chi connectivity index (χ4v) is 3.96. The lowest BCUT2D eigenvalue weighted by molar-refractivity contribution is -0.383. The normalized spacial score (nSPS) is 23.9. The van der Waals surface area contributed by atoms with Crippen molar-refractivity contribution < 1.29 is 25.3 Å². The van der Waals surface area contributed by atoms with Gasteiger partial charge in [-0.2, -0.15) is 5.10 Å². The SMILES string of the molecule is O=[N+]([O-])c1cc(-n2cncn2)ccc1NCCCCCCN1C[C@H](O)[C@@H](O)[C@H](O)[C@H]1CO. The van der Waals surface area contributed by atoms with Crippen LogP contribution in [-0.2, 0) is 0 Å². The summed E-state index contributed by atoms with van der Waals surface area (Å²) in [6, 6.07) is 4.26. The van der Waals surface area contributed by atoms with Gasteiger partial charge in [0.05, 0.1) is 29.4 Å². The van der Waals surface area contributed by atoms with Crippen molar-refractivity contribution in [3.05, 3.63) is 41.0 Å². The zero-order chi connectivity index (χ0) is 23.1. The van der Waals surface area contributed by atoms with Gasteiger partial charge < -0.3 is 25.7 Å². The summed E-state index contributed by atoms with van der Waals surface area (Å²) >= 11 is 0. The fraction of sp³-hybridized carbons (Fsp3) is 0.600. The van der Waals surface area contributed by atoms with E-state index in [1.54, 1.807) is 17.0 Å². The second-order valence-corrected chi connectivity index (χ2v) is 7.93. The van der Waals surface area contributed by atoms with E-state index in [1.165, 1.54) is 23.4 Å². The number of likely N-dealkylation sites (tertiary alicyclic amines) is 1. The molecule has 0 unspecified atom stereocenters. The lowest BCUT2D eigenvalue weighted by Crippen LogP contribution is -2.62. The van der Waals surface area contributed by atoms with E-state index in [9.17, 15) is 30.5 Å². The van der Waals surface area contributed by atoms with E-state index in [4.69, 9.17) is 0 Å². The van der Waals surface area contributed by atoms with Gasteiger partial charge in [-0.05, 0) is 31.5 Å². The number of aliphatic hydroxyl groups excluding tert-OH is 4. The Kier molecular flexibility index (Phi) is 8.47. The summed E-state index contributed by atoms with van der Waals surface area (Å²) in [5.41, 5.74) is 0.971. The van der Waals surface area contributed by atoms with Crippen LogP contribution in [-0.4, -0.2) is 95.6 Å². The number of rotatable bonds is 11. The van der Waals surface area contributed by atoms with Crippen LogP contribution in [0.2, 0.25) is 0 Å². The predicted octanol–water partition coefficient (Wildman–Crippen LogP) is -0.0930. The lowest BCUT2D eigenvalue weighted by Gasteiger charge is -2.43. The number of hydrogen-bond acceptors (Lipinski definition) is 10. The maximum absolute atomic E-state index is 11.4. The minimum atomic E-state index is -1.25. The molecule has 3 rings (SSSR count). The molecule has 12 heteroatoms. The van der Waals surface area contributed by atoms with Gasteiger partial charge in [0.1, 0.15) is 30.5 Å². The zero-order valence-corrected chi connectivity index (χ0v) is 17.7. The molecule has 0 saturated carbocycles. The molecule has 0 bridgehead atoms. The maximum Gasteiger partial charge on any atom is 0.294 e. The Balaban J connectivity index is 1.41. The van der Waals surface area contributed by atoms with Crippen molar-refractivity contribution in [3.8, 4) is 5.69 Å². The molecule has 4 atom stereocenters. The first kappa shape index (κ1) is 24.0. The van der Waals surface area contributed by atoms with Gasteiger partial charge in [0, 0.05) is 19.2 Å². The van der Waals surface area contributed by atoms with E-state index < -0.39 is 29.3 Å². The Hall–Kier alpha value is -2.64. The molecule has 0 amide bonds. The van der Waals surface area contributed by atoms with E-state index in [0.717, 1.165) is 25.7 Å². The Bertz CT molecular complexity index is 866. The second-order valence-electron chi connectivity index (χ2n) is 7.93. The zero-order valence-electron chi connectivity index (χ0n) is 17.7. The molecule has 176 valence electrons. The first-order chi connectivity index (χ1) is 15.4. The van der Waals surface area contributed by atoms with Gasteiger partial charge in [0.2, 0.25) is 0 Å². The first-order valence-corrected chi connectivity index (χ1v) is 10.7. The van der Waals surface area contributed by atoms with Crippen LogP contribution in [0, 0.1) is 10.1 Å². The molecule has 0 aliphatic carbocycles. The number of hydrogen-bond donors (Lipinski definition) is 5. The molecule has 2 aromatic rings. The molecule has 1 saturated heterocycles. The number of nitro benzene ring substituents is 1.